The van der Waals surface area contributed by atoms with E-state index in [4.69, 9.17) is 5.11 Å². The van der Waals surface area contributed by atoms with Gasteiger partial charge in [-0.25, -0.2) is 0 Å². The minimum Gasteiger partial charge on any atom is -0.412 e. The van der Waals surface area contributed by atoms with Crippen molar-refractivity contribution in [1.29, 1.82) is 0 Å². The quantitative estimate of drug-likeness (QED) is 0.574. The summed E-state index contributed by atoms with van der Waals surface area (Å²) < 4.78 is 0. The summed E-state index contributed by atoms with van der Waals surface area (Å²) in [7, 11) is 0. The molecule has 0 aliphatic heterocycles. The maximum Gasteiger partial charge on any atom is 0.0430 e. The lowest BCUT2D eigenvalue weighted by molar-refractivity contribution is 0.287. The van der Waals surface area contributed by atoms with Crippen LogP contribution in [0, 0.1) is 0 Å². The minimum atomic E-state index is 0. The van der Waals surface area contributed by atoms with Crippen LogP contribution in [0.15, 0.2) is 0 Å². The van der Waals surface area contributed by atoms with E-state index in [2.05, 4.69) is 6.92 Å². The molecule has 0 aromatic heterocycles. The largest absolute Gasteiger partial charge is 0.412 e. The Labute approximate surface area is 50.3 Å². The highest BCUT2D eigenvalue weighted by atomic mass is 35.5. The summed E-state index contributed by atoms with van der Waals surface area (Å²) in [5.41, 5.74) is 0. The zero-order valence-corrected chi connectivity index (χ0v) is 5.29. The summed E-state index contributed by atoms with van der Waals surface area (Å²) in [6.07, 6.45) is 2.04. The third-order valence-electron chi connectivity index (χ3n) is 0.512. The SMILES string of the molecule is CCCCO.Cl.O. The van der Waals surface area contributed by atoms with Crippen LogP contribution in [0.3, 0.4) is 0 Å². The van der Waals surface area contributed by atoms with Crippen molar-refractivity contribution in [3.63, 3.8) is 0 Å². The highest BCUT2D eigenvalue weighted by Crippen LogP contribution is 1.78. The molecule has 2 nitrogen and oxygen atoms in total. The van der Waals surface area contributed by atoms with Gasteiger partial charge < -0.3 is 10.6 Å². The van der Waals surface area contributed by atoms with Gasteiger partial charge in [0.15, 0.2) is 0 Å². The van der Waals surface area contributed by atoms with Crippen molar-refractivity contribution in [2.75, 3.05) is 6.61 Å². The molecule has 0 rings (SSSR count). The number of unbranched alkanes of at least 4 members (excludes halogenated alkanes) is 1. The lowest BCUT2D eigenvalue weighted by Gasteiger charge is -1.79. The summed E-state index contributed by atoms with van der Waals surface area (Å²) in [6, 6.07) is 0. The summed E-state index contributed by atoms with van der Waals surface area (Å²) in [4.78, 5) is 0. The van der Waals surface area contributed by atoms with Crippen LogP contribution in [0.25, 0.3) is 0 Å². The molecular formula is C4H13ClO2. The van der Waals surface area contributed by atoms with Crippen LogP contribution in [0.5, 0.6) is 0 Å². The second-order valence-electron chi connectivity index (χ2n) is 1.08. The highest BCUT2D eigenvalue weighted by Gasteiger charge is 1.69. The molecule has 0 unspecified atom stereocenters. The monoisotopic (exact) mass is 128 g/mol. The van der Waals surface area contributed by atoms with Crippen LogP contribution >= 0.6 is 12.4 Å². The van der Waals surface area contributed by atoms with E-state index in [0.29, 0.717) is 6.61 Å². The molecule has 3 N–H and O–H groups in total. The molecule has 0 atom stereocenters. The lowest BCUT2D eigenvalue weighted by atomic mass is 10.4. The normalized spacial score (nSPS) is 6.00. The van der Waals surface area contributed by atoms with Gasteiger partial charge in [0.1, 0.15) is 0 Å². The molecule has 0 fully saturated rings. The number of aliphatic hydroxyl groups is 1. The van der Waals surface area contributed by atoms with Crippen molar-refractivity contribution >= 4 is 12.4 Å². The van der Waals surface area contributed by atoms with E-state index >= 15 is 0 Å². The molecule has 0 saturated heterocycles. The fraction of sp³-hybridized carbons (Fsp3) is 1.00. The van der Waals surface area contributed by atoms with Crippen molar-refractivity contribution in [3.8, 4) is 0 Å². The van der Waals surface area contributed by atoms with Gasteiger partial charge in [-0.1, -0.05) is 13.3 Å². The van der Waals surface area contributed by atoms with Gasteiger partial charge in [0.2, 0.25) is 0 Å². The molecule has 0 amide bonds. The van der Waals surface area contributed by atoms with Crippen LogP contribution in [0.4, 0.5) is 0 Å². The van der Waals surface area contributed by atoms with Crippen molar-refractivity contribution in [1.82, 2.24) is 0 Å². The van der Waals surface area contributed by atoms with Gasteiger partial charge in [0.25, 0.3) is 0 Å². The van der Waals surface area contributed by atoms with Gasteiger partial charge in [0, 0.05) is 6.61 Å². The van der Waals surface area contributed by atoms with Gasteiger partial charge in [-0.3, -0.25) is 0 Å². The van der Waals surface area contributed by atoms with E-state index in [-0.39, 0.29) is 17.9 Å². The smallest absolute Gasteiger partial charge is 0.0430 e. The lowest BCUT2D eigenvalue weighted by Crippen LogP contribution is -1.75. The third kappa shape index (κ3) is 22.5. The van der Waals surface area contributed by atoms with Crippen molar-refractivity contribution in [2.24, 2.45) is 0 Å². The standard InChI is InChI=1S/C4H10O.ClH.H2O/c1-2-3-4-5;;/h5H,2-4H2,1H3;1H;1H2. The zero-order valence-electron chi connectivity index (χ0n) is 4.48. The topological polar surface area (TPSA) is 51.7 Å². The number of aliphatic hydroxyl groups excluding tert-OH is 1. The average Bonchev–Trinajstić information content (AvgIpc) is 1.41. The maximum absolute atomic E-state index is 8.07. The molecule has 3 heteroatoms. The molecule has 0 bridgehead atoms. The van der Waals surface area contributed by atoms with E-state index in [1.807, 2.05) is 0 Å². The first-order valence-corrected chi connectivity index (χ1v) is 2.02. The molecular weight excluding hydrogens is 115 g/mol. The highest BCUT2D eigenvalue weighted by molar-refractivity contribution is 5.85. The molecule has 0 heterocycles. The Morgan fingerprint density at radius 1 is 1.43 bits per heavy atom. The van der Waals surface area contributed by atoms with Crippen LogP contribution in [-0.4, -0.2) is 17.2 Å². The van der Waals surface area contributed by atoms with Crippen LogP contribution in [0.2, 0.25) is 0 Å². The first-order valence-electron chi connectivity index (χ1n) is 2.02. The Bertz CT molecular complexity index is 17.2. The van der Waals surface area contributed by atoms with Crippen molar-refractivity contribution in [3.05, 3.63) is 0 Å². The van der Waals surface area contributed by atoms with Crippen LogP contribution in [-0.2, 0) is 0 Å². The van der Waals surface area contributed by atoms with Gasteiger partial charge in [-0.15, -0.1) is 12.4 Å². The maximum atomic E-state index is 8.07. The number of hydrogen-bond donors (Lipinski definition) is 1. The number of rotatable bonds is 2. The Balaban J connectivity index is -0.0000000800. The molecule has 0 saturated carbocycles. The second-order valence-corrected chi connectivity index (χ2v) is 1.08. The van der Waals surface area contributed by atoms with E-state index in [1.54, 1.807) is 0 Å². The Hall–Kier alpha value is 0.210. The summed E-state index contributed by atoms with van der Waals surface area (Å²) in [5.74, 6) is 0. The Kier molecular flexibility index (Phi) is 36.7. The first kappa shape index (κ1) is 15.7. The van der Waals surface area contributed by atoms with Gasteiger partial charge in [-0.2, -0.15) is 0 Å². The van der Waals surface area contributed by atoms with E-state index in [1.165, 1.54) is 0 Å². The molecule has 0 aromatic rings. The fourth-order valence-electron chi connectivity index (χ4n) is 0.158. The second kappa shape index (κ2) is 16.4. The number of halogens is 1. The summed E-state index contributed by atoms with van der Waals surface area (Å²) in [5, 5.41) is 8.07. The predicted octanol–water partition coefficient (Wildman–Crippen LogP) is 0.376. The molecule has 0 aromatic carbocycles. The summed E-state index contributed by atoms with van der Waals surface area (Å²) >= 11 is 0. The number of hydrogen-bond acceptors (Lipinski definition) is 1. The predicted molar refractivity (Wildman–Crippen MR) is 32.9 cm³/mol. The third-order valence-corrected chi connectivity index (χ3v) is 0.512. The fourth-order valence-corrected chi connectivity index (χ4v) is 0.158. The van der Waals surface area contributed by atoms with Crippen molar-refractivity contribution in [2.45, 2.75) is 19.8 Å². The minimum absolute atomic E-state index is 0. The molecule has 7 heavy (non-hydrogen) atoms. The molecule has 0 radical (unpaired) electrons. The van der Waals surface area contributed by atoms with E-state index < -0.39 is 0 Å². The molecule has 0 aliphatic carbocycles. The zero-order chi connectivity index (χ0) is 4.12. The molecule has 48 valence electrons. The van der Waals surface area contributed by atoms with Gasteiger partial charge in [-0.05, 0) is 6.42 Å². The van der Waals surface area contributed by atoms with E-state index in [9.17, 15) is 0 Å². The Morgan fingerprint density at radius 2 is 1.86 bits per heavy atom. The van der Waals surface area contributed by atoms with Gasteiger partial charge in [0.05, 0.1) is 0 Å². The summed E-state index contributed by atoms with van der Waals surface area (Å²) in [6.45, 7) is 2.40. The van der Waals surface area contributed by atoms with Crippen molar-refractivity contribution < 1.29 is 10.6 Å². The molecule has 0 spiro atoms. The van der Waals surface area contributed by atoms with Crippen LogP contribution < -0.4 is 0 Å². The first-order chi connectivity index (χ1) is 2.41. The average molecular weight is 129 g/mol. The van der Waals surface area contributed by atoms with Gasteiger partial charge >= 0.3 is 0 Å². The Morgan fingerprint density at radius 3 is 1.86 bits per heavy atom. The van der Waals surface area contributed by atoms with E-state index in [0.717, 1.165) is 12.8 Å². The molecule has 0 aliphatic rings. The van der Waals surface area contributed by atoms with Crippen LogP contribution in [0.1, 0.15) is 19.8 Å².